The normalized spacial score (nSPS) is 14.6. The van der Waals surface area contributed by atoms with Crippen LogP contribution in [0, 0.1) is 0 Å². The summed E-state index contributed by atoms with van der Waals surface area (Å²) in [6, 6.07) is 0. The molecule has 0 radical (unpaired) electrons. The average molecular weight is 217 g/mol. The van der Waals surface area contributed by atoms with Crippen molar-refractivity contribution in [3.05, 3.63) is 0 Å². The number of hydrogen-bond acceptors (Lipinski definition) is 2. The van der Waals surface area contributed by atoms with Gasteiger partial charge in [-0.25, -0.2) is 0 Å². The fraction of sp³-hybridized carbons (Fsp3) is 1.00. The lowest BCUT2D eigenvalue weighted by Gasteiger charge is -2.49. The zero-order chi connectivity index (χ0) is 11.6. The number of rotatable bonds is 3. The average Bonchev–Trinajstić information content (AvgIpc) is 1.95. The molecule has 0 amide bonds. The molecule has 0 aliphatic heterocycles. The van der Waals surface area contributed by atoms with Gasteiger partial charge in [-0.05, 0) is 10.1 Å². The number of aliphatic hydroxyl groups is 1. The van der Waals surface area contributed by atoms with Crippen LogP contribution >= 0.6 is 0 Å². The van der Waals surface area contributed by atoms with E-state index in [1.54, 1.807) is 0 Å². The van der Waals surface area contributed by atoms with Gasteiger partial charge in [0.15, 0.2) is 0 Å². The van der Waals surface area contributed by atoms with Crippen molar-refractivity contribution in [3.8, 4) is 0 Å². The van der Waals surface area contributed by atoms with Crippen LogP contribution in [0.1, 0.15) is 41.5 Å². The Morgan fingerprint density at radius 2 is 1.36 bits per heavy atom. The van der Waals surface area contributed by atoms with Gasteiger partial charge in [0.1, 0.15) is 8.24 Å². The first-order valence-electron chi connectivity index (χ1n) is 5.42. The Morgan fingerprint density at radius 3 is 1.57 bits per heavy atom. The minimum Gasteiger partial charge on any atom is -0.395 e. The van der Waals surface area contributed by atoms with E-state index in [4.69, 9.17) is 5.11 Å². The van der Waals surface area contributed by atoms with E-state index < -0.39 is 8.24 Å². The minimum atomic E-state index is -1.58. The van der Waals surface area contributed by atoms with Gasteiger partial charge in [-0.1, -0.05) is 48.1 Å². The van der Waals surface area contributed by atoms with Crippen molar-refractivity contribution in [3.63, 3.8) is 0 Å². The summed E-state index contributed by atoms with van der Waals surface area (Å²) in [7, 11) is -1.58. The van der Waals surface area contributed by atoms with Gasteiger partial charge in [0, 0.05) is 6.54 Å². The van der Waals surface area contributed by atoms with Gasteiger partial charge >= 0.3 is 0 Å². The van der Waals surface area contributed by atoms with Gasteiger partial charge in [0.25, 0.3) is 0 Å². The second-order valence-corrected chi connectivity index (χ2v) is 11.9. The number of hydrogen-bond donors (Lipinski definition) is 2. The minimum absolute atomic E-state index is 0.231. The topological polar surface area (TPSA) is 32.3 Å². The molecule has 0 fully saturated rings. The molecule has 2 N–H and O–H groups in total. The highest BCUT2D eigenvalue weighted by atomic mass is 28.3. The zero-order valence-corrected chi connectivity index (χ0v) is 11.9. The van der Waals surface area contributed by atoms with Crippen molar-refractivity contribution in [2.75, 3.05) is 13.2 Å². The van der Waals surface area contributed by atoms with Gasteiger partial charge in [-0.3, -0.25) is 0 Å². The largest absolute Gasteiger partial charge is 0.395 e. The van der Waals surface area contributed by atoms with E-state index in [9.17, 15) is 0 Å². The summed E-state index contributed by atoms with van der Waals surface area (Å²) in [6.07, 6.45) is 0. The summed E-state index contributed by atoms with van der Waals surface area (Å²) in [4.78, 5) is 3.61. The molecule has 0 spiro atoms. The standard InChI is InChI=1S/C11H27NOSi/c1-10(2,3)14(7,11(4,5)6)12-8-9-13/h12-13H,8-9H2,1-7H3. The fourth-order valence-corrected chi connectivity index (χ4v) is 5.88. The maximum atomic E-state index is 8.92. The van der Waals surface area contributed by atoms with E-state index in [0.29, 0.717) is 10.1 Å². The Bertz CT molecular complexity index is 165. The van der Waals surface area contributed by atoms with Crippen molar-refractivity contribution in [1.82, 2.24) is 4.98 Å². The van der Waals surface area contributed by atoms with E-state index in [1.807, 2.05) is 0 Å². The van der Waals surface area contributed by atoms with Crippen LogP contribution in [0.25, 0.3) is 0 Å². The molecular formula is C11H27NOSi. The van der Waals surface area contributed by atoms with Crippen LogP contribution in [0.5, 0.6) is 0 Å². The molecule has 0 aliphatic rings. The molecule has 0 heterocycles. The molecule has 0 aromatic heterocycles. The summed E-state index contributed by atoms with van der Waals surface area (Å²) in [5.74, 6) is 0. The summed E-state index contributed by atoms with van der Waals surface area (Å²) >= 11 is 0. The van der Waals surface area contributed by atoms with E-state index in [0.717, 1.165) is 6.54 Å². The van der Waals surface area contributed by atoms with Crippen LogP contribution in [0.15, 0.2) is 0 Å². The molecule has 0 aliphatic carbocycles. The third-order valence-electron chi connectivity index (χ3n) is 3.59. The van der Waals surface area contributed by atoms with Crippen LogP contribution in [-0.2, 0) is 0 Å². The van der Waals surface area contributed by atoms with Crippen LogP contribution in [0.3, 0.4) is 0 Å². The highest BCUT2D eigenvalue weighted by Gasteiger charge is 2.48. The molecule has 0 saturated heterocycles. The van der Waals surface area contributed by atoms with E-state index in [1.165, 1.54) is 0 Å². The van der Waals surface area contributed by atoms with Gasteiger partial charge < -0.3 is 10.1 Å². The third kappa shape index (κ3) is 2.81. The SMILES string of the molecule is CC(C)(C)[Si](C)(NCCO)C(C)(C)C. The summed E-state index contributed by atoms with van der Waals surface area (Å²) < 4.78 is 0. The van der Waals surface area contributed by atoms with Crippen molar-refractivity contribution >= 4 is 8.24 Å². The monoisotopic (exact) mass is 217 g/mol. The molecule has 3 heteroatoms. The maximum absolute atomic E-state index is 8.92. The first kappa shape index (κ1) is 14.1. The maximum Gasteiger partial charge on any atom is 0.133 e. The molecule has 0 rings (SSSR count). The summed E-state index contributed by atoms with van der Waals surface area (Å²) in [6.45, 7) is 17.1. The lowest BCUT2D eigenvalue weighted by molar-refractivity contribution is 0.299. The first-order chi connectivity index (χ1) is 6.06. The molecule has 14 heavy (non-hydrogen) atoms. The first-order valence-corrected chi connectivity index (χ1v) is 7.92. The van der Waals surface area contributed by atoms with Gasteiger partial charge in [0.2, 0.25) is 0 Å². The Labute approximate surface area is 90.2 Å². The molecule has 2 nitrogen and oxygen atoms in total. The smallest absolute Gasteiger partial charge is 0.133 e. The quantitative estimate of drug-likeness (QED) is 0.713. The lowest BCUT2D eigenvalue weighted by Crippen LogP contribution is -2.61. The number of aliphatic hydroxyl groups excluding tert-OH is 1. The van der Waals surface area contributed by atoms with Crippen LogP contribution < -0.4 is 4.98 Å². The Morgan fingerprint density at radius 1 is 1.00 bits per heavy atom. The summed E-state index contributed by atoms with van der Waals surface area (Å²) in [5, 5.41) is 9.53. The second-order valence-electron chi connectivity index (χ2n) is 6.28. The highest BCUT2D eigenvalue weighted by Crippen LogP contribution is 2.48. The molecular weight excluding hydrogens is 190 g/mol. The molecule has 0 saturated carbocycles. The Balaban J connectivity index is 4.87. The Kier molecular flexibility index (Phi) is 4.37. The van der Waals surface area contributed by atoms with E-state index in [2.05, 4.69) is 53.1 Å². The molecule has 0 unspecified atom stereocenters. The van der Waals surface area contributed by atoms with Gasteiger partial charge in [-0.15, -0.1) is 0 Å². The summed E-state index contributed by atoms with van der Waals surface area (Å²) in [5.41, 5.74) is 0. The van der Waals surface area contributed by atoms with Crippen LogP contribution in [0.2, 0.25) is 16.6 Å². The highest BCUT2D eigenvalue weighted by molar-refractivity contribution is 6.81. The predicted octanol–water partition coefficient (Wildman–Crippen LogP) is 2.74. The molecule has 0 bridgehead atoms. The van der Waals surface area contributed by atoms with Crippen molar-refractivity contribution in [2.45, 2.75) is 58.2 Å². The predicted molar refractivity (Wildman–Crippen MR) is 66.1 cm³/mol. The number of nitrogens with one attached hydrogen (secondary N) is 1. The second kappa shape index (κ2) is 4.33. The fourth-order valence-electron chi connectivity index (χ4n) is 1.96. The van der Waals surface area contributed by atoms with Crippen molar-refractivity contribution in [2.24, 2.45) is 0 Å². The van der Waals surface area contributed by atoms with Crippen LogP contribution in [-0.4, -0.2) is 26.5 Å². The molecule has 0 aromatic rings. The van der Waals surface area contributed by atoms with Gasteiger partial charge in [-0.2, -0.15) is 0 Å². The zero-order valence-electron chi connectivity index (χ0n) is 10.9. The van der Waals surface area contributed by atoms with Crippen molar-refractivity contribution < 1.29 is 5.11 Å². The third-order valence-corrected chi connectivity index (χ3v) is 10.5. The van der Waals surface area contributed by atoms with E-state index in [-0.39, 0.29) is 6.61 Å². The Hall–Kier alpha value is 0.137. The molecule has 86 valence electrons. The van der Waals surface area contributed by atoms with Crippen LogP contribution in [0.4, 0.5) is 0 Å². The van der Waals surface area contributed by atoms with Gasteiger partial charge in [0.05, 0.1) is 6.61 Å². The van der Waals surface area contributed by atoms with Crippen molar-refractivity contribution in [1.29, 1.82) is 0 Å². The lowest BCUT2D eigenvalue weighted by atomic mass is 10.2. The molecule has 0 aromatic carbocycles. The molecule has 0 atom stereocenters. The van der Waals surface area contributed by atoms with E-state index >= 15 is 0 Å².